The van der Waals surface area contributed by atoms with Crippen molar-refractivity contribution in [3.8, 4) is 67.7 Å². The average molecular weight is 673 g/mol. The molecular formula is C48H40N4. The summed E-state index contributed by atoms with van der Waals surface area (Å²) in [5.74, 6) is 4.77. The Kier molecular flexibility index (Phi) is 7.63. The summed E-state index contributed by atoms with van der Waals surface area (Å²) in [4.78, 5) is 19.8. The first-order chi connectivity index (χ1) is 25.6. The van der Waals surface area contributed by atoms with E-state index in [4.69, 9.17) is 15.0 Å². The Labute approximate surface area is 305 Å². The lowest BCUT2D eigenvalue weighted by molar-refractivity contribution is -0.00518. The van der Waals surface area contributed by atoms with Gasteiger partial charge in [0.25, 0.3) is 0 Å². The highest BCUT2D eigenvalue weighted by molar-refractivity contribution is 5.81. The highest BCUT2D eigenvalue weighted by atomic mass is 15.0. The van der Waals surface area contributed by atoms with Crippen LogP contribution in [0.15, 0.2) is 152 Å². The molecule has 4 saturated carbocycles. The second-order valence-corrected chi connectivity index (χ2v) is 15.4. The summed E-state index contributed by atoms with van der Waals surface area (Å²) in [5, 5.41) is 0. The first-order valence-electron chi connectivity index (χ1n) is 18.8. The zero-order valence-electron chi connectivity index (χ0n) is 29.2. The van der Waals surface area contributed by atoms with Gasteiger partial charge in [0.05, 0.1) is 5.69 Å². The van der Waals surface area contributed by atoms with Crippen molar-refractivity contribution in [2.24, 2.45) is 17.8 Å². The number of aromatic nitrogens is 4. The molecule has 4 aliphatic carbocycles. The van der Waals surface area contributed by atoms with Crippen LogP contribution in [0.4, 0.5) is 0 Å². The fourth-order valence-corrected chi connectivity index (χ4v) is 9.88. The van der Waals surface area contributed by atoms with Crippen LogP contribution in [0.2, 0.25) is 0 Å². The van der Waals surface area contributed by atoms with E-state index in [0.717, 1.165) is 62.4 Å². The van der Waals surface area contributed by atoms with Crippen LogP contribution >= 0.6 is 0 Å². The van der Waals surface area contributed by atoms with Gasteiger partial charge < -0.3 is 0 Å². The van der Waals surface area contributed by atoms with Crippen molar-refractivity contribution in [3.63, 3.8) is 0 Å². The van der Waals surface area contributed by atoms with Crippen molar-refractivity contribution >= 4 is 0 Å². The van der Waals surface area contributed by atoms with Gasteiger partial charge in [-0.1, -0.05) is 115 Å². The SMILES string of the molecule is c1ccc(-c2nc(-c3ccccc3)nc(-c3cc(-c4ccc(-c5ccccn5)cc4)cc(-c4ccc(C56CC7CC(CC(C7)C5)C6)cc4)c3)n2)cc1. The summed E-state index contributed by atoms with van der Waals surface area (Å²) < 4.78 is 0. The van der Waals surface area contributed by atoms with E-state index >= 15 is 0 Å². The smallest absolute Gasteiger partial charge is 0.164 e. The Morgan fingerprint density at radius 1 is 0.385 bits per heavy atom. The largest absolute Gasteiger partial charge is 0.256 e. The summed E-state index contributed by atoms with van der Waals surface area (Å²) in [6, 6.07) is 51.6. The van der Waals surface area contributed by atoms with E-state index in [9.17, 15) is 0 Å². The molecular weight excluding hydrogens is 633 g/mol. The number of nitrogens with zero attached hydrogens (tertiary/aromatic N) is 4. The van der Waals surface area contributed by atoms with Gasteiger partial charge in [-0.15, -0.1) is 0 Å². The molecule has 0 N–H and O–H groups in total. The molecule has 4 nitrogen and oxygen atoms in total. The molecule has 0 amide bonds. The van der Waals surface area contributed by atoms with Gasteiger partial charge in [0.15, 0.2) is 17.5 Å². The lowest BCUT2D eigenvalue weighted by Crippen LogP contribution is -2.48. The summed E-state index contributed by atoms with van der Waals surface area (Å²) >= 11 is 0. The van der Waals surface area contributed by atoms with Gasteiger partial charge in [-0.25, -0.2) is 15.0 Å². The Morgan fingerprint density at radius 3 is 1.33 bits per heavy atom. The van der Waals surface area contributed by atoms with Gasteiger partial charge in [-0.2, -0.15) is 0 Å². The highest BCUT2D eigenvalue weighted by Crippen LogP contribution is 2.60. The standard InChI is InChI=1S/C48H40N4/c1-3-9-38(10-4-1)45-50-46(39-11-5-2-6-12-39)52-47(51-45)42-27-40(35-14-16-37(17-15-35)44-13-7-8-22-49-44)26-41(28-42)36-18-20-43(21-19-36)48-29-32-23-33(30-48)25-34(24-32)31-48/h1-22,26-28,32-34H,23-25,29-31H2. The Hall–Kier alpha value is -5.74. The van der Waals surface area contributed by atoms with Crippen LogP contribution in [0.3, 0.4) is 0 Å². The summed E-state index contributed by atoms with van der Waals surface area (Å²) in [7, 11) is 0. The molecule has 0 radical (unpaired) electrons. The molecule has 4 aliphatic rings. The van der Waals surface area contributed by atoms with Crippen LogP contribution in [0, 0.1) is 17.8 Å². The van der Waals surface area contributed by atoms with Gasteiger partial charge in [0, 0.05) is 28.5 Å². The van der Waals surface area contributed by atoms with Gasteiger partial charge in [0.2, 0.25) is 0 Å². The maximum absolute atomic E-state index is 5.11. The van der Waals surface area contributed by atoms with Gasteiger partial charge >= 0.3 is 0 Å². The first-order valence-corrected chi connectivity index (χ1v) is 18.8. The minimum Gasteiger partial charge on any atom is -0.256 e. The van der Waals surface area contributed by atoms with Crippen LogP contribution in [-0.2, 0) is 5.41 Å². The fourth-order valence-electron chi connectivity index (χ4n) is 9.88. The Morgan fingerprint density at radius 2 is 0.827 bits per heavy atom. The van der Waals surface area contributed by atoms with Crippen LogP contribution in [-0.4, -0.2) is 19.9 Å². The predicted molar refractivity (Wildman–Crippen MR) is 210 cm³/mol. The lowest BCUT2D eigenvalue weighted by Gasteiger charge is -2.57. The molecule has 0 spiro atoms. The lowest BCUT2D eigenvalue weighted by atomic mass is 9.48. The maximum atomic E-state index is 5.11. The summed E-state index contributed by atoms with van der Waals surface area (Å²) in [6.07, 6.45) is 10.4. The molecule has 52 heavy (non-hydrogen) atoms. The van der Waals surface area contributed by atoms with E-state index in [2.05, 4.69) is 102 Å². The zero-order chi connectivity index (χ0) is 34.5. The second-order valence-electron chi connectivity index (χ2n) is 15.4. The second kappa shape index (κ2) is 12.8. The van der Waals surface area contributed by atoms with Crippen molar-refractivity contribution < 1.29 is 0 Å². The molecule has 7 aromatic rings. The van der Waals surface area contributed by atoms with E-state index in [1.807, 2.05) is 54.7 Å². The van der Waals surface area contributed by atoms with Crippen molar-refractivity contribution in [2.45, 2.75) is 43.9 Å². The number of pyridine rings is 1. The molecule has 2 heterocycles. The van der Waals surface area contributed by atoms with E-state index in [0.29, 0.717) is 22.9 Å². The third-order valence-corrected chi connectivity index (χ3v) is 11.9. The quantitative estimate of drug-likeness (QED) is 0.169. The molecule has 0 atom stereocenters. The van der Waals surface area contributed by atoms with Crippen LogP contribution in [0.1, 0.15) is 44.1 Å². The number of hydrogen-bond acceptors (Lipinski definition) is 4. The van der Waals surface area contributed by atoms with Crippen LogP contribution in [0.5, 0.6) is 0 Å². The van der Waals surface area contributed by atoms with Crippen molar-refractivity contribution in [1.82, 2.24) is 19.9 Å². The maximum Gasteiger partial charge on any atom is 0.164 e. The minimum atomic E-state index is 0.377. The van der Waals surface area contributed by atoms with E-state index in [-0.39, 0.29) is 0 Å². The fraction of sp³-hybridized carbons (Fsp3) is 0.208. The molecule has 4 heteroatoms. The number of benzene rings is 5. The number of hydrogen-bond donors (Lipinski definition) is 0. The molecule has 0 unspecified atom stereocenters. The van der Waals surface area contributed by atoms with Crippen LogP contribution in [0.25, 0.3) is 67.7 Å². The Balaban J connectivity index is 1.09. The monoisotopic (exact) mass is 672 g/mol. The molecule has 2 aromatic heterocycles. The van der Waals surface area contributed by atoms with Crippen molar-refractivity contribution in [1.29, 1.82) is 0 Å². The van der Waals surface area contributed by atoms with Gasteiger partial charge in [0.1, 0.15) is 0 Å². The van der Waals surface area contributed by atoms with E-state index in [1.165, 1.54) is 44.1 Å². The first kappa shape index (κ1) is 31.0. The van der Waals surface area contributed by atoms with E-state index in [1.54, 1.807) is 5.56 Å². The third-order valence-electron chi connectivity index (χ3n) is 11.9. The minimum absolute atomic E-state index is 0.377. The molecule has 252 valence electrons. The molecule has 11 rings (SSSR count). The van der Waals surface area contributed by atoms with E-state index < -0.39 is 0 Å². The van der Waals surface area contributed by atoms with Crippen molar-refractivity contribution in [2.75, 3.05) is 0 Å². The zero-order valence-corrected chi connectivity index (χ0v) is 29.2. The Bertz CT molecular complexity index is 2260. The predicted octanol–water partition coefficient (Wildman–Crippen LogP) is 11.7. The normalized spacial score (nSPS) is 21.7. The summed E-state index contributed by atoms with van der Waals surface area (Å²) in [5.41, 5.74) is 11.5. The molecule has 0 aliphatic heterocycles. The molecule has 4 fully saturated rings. The molecule has 4 bridgehead atoms. The summed E-state index contributed by atoms with van der Waals surface area (Å²) in [6.45, 7) is 0. The topological polar surface area (TPSA) is 51.6 Å². The van der Waals surface area contributed by atoms with Crippen molar-refractivity contribution in [3.05, 3.63) is 157 Å². The average Bonchev–Trinajstić information content (AvgIpc) is 3.21. The number of rotatable bonds is 7. The molecule has 5 aromatic carbocycles. The van der Waals surface area contributed by atoms with Gasteiger partial charge in [-0.3, -0.25) is 4.98 Å². The third kappa shape index (κ3) is 5.82. The molecule has 0 saturated heterocycles. The highest BCUT2D eigenvalue weighted by Gasteiger charge is 2.51. The van der Waals surface area contributed by atoms with Crippen LogP contribution < -0.4 is 0 Å². The van der Waals surface area contributed by atoms with Gasteiger partial charge in [-0.05, 0) is 120 Å².